The highest BCUT2D eigenvalue weighted by Gasteiger charge is 2.25. The average molecular weight is 577 g/mol. The van der Waals surface area contributed by atoms with Crippen molar-refractivity contribution in [2.45, 2.75) is 25.9 Å². The second-order valence-corrected chi connectivity index (χ2v) is 10.9. The molecular formula is C29H33FN8O4. The third-order valence-electron chi connectivity index (χ3n) is 7.47. The first-order chi connectivity index (χ1) is 20.2. The van der Waals surface area contributed by atoms with E-state index in [1.165, 1.54) is 10.7 Å². The number of anilines is 2. The van der Waals surface area contributed by atoms with Crippen LogP contribution in [0, 0.1) is 5.82 Å². The monoisotopic (exact) mass is 576 g/mol. The van der Waals surface area contributed by atoms with Gasteiger partial charge in [-0.05, 0) is 38.1 Å². The van der Waals surface area contributed by atoms with E-state index in [0.717, 1.165) is 18.8 Å². The number of rotatable bonds is 6. The van der Waals surface area contributed by atoms with Crippen LogP contribution in [0.4, 0.5) is 15.8 Å². The minimum atomic E-state index is -0.534. The second kappa shape index (κ2) is 11.5. The standard InChI is InChI=1S/C29H33FN8O4/c1-17-13-38(14-18(2)32-17)24-5-4-21(28(40)33-20-10-19-15-36(3)35-26(19)23(30)11-20)27-22(24)12-31-29(34-27)42-16-25(39)37-6-8-41-9-7-37/h4-5,10-12,15,17-18,32H,6-9,13-14,16H2,1-3H3,(H,33,40)/t17-,18+. The van der Waals surface area contributed by atoms with Crippen LogP contribution in [0.25, 0.3) is 21.8 Å². The summed E-state index contributed by atoms with van der Waals surface area (Å²) in [6, 6.07) is 7.02. The molecule has 2 aromatic heterocycles. The lowest BCUT2D eigenvalue weighted by Gasteiger charge is -2.38. The Morgan fingerprint density at radius 1 is 1.14 bits per heavy atom. The molecule has 220 valence electrons. The number of carbonyl (C=O) groups excluding carboxylic acids is 2. The Labute approximate surface area is 241 Å². The van der Waals surface area contributed by atoms with Gasteiger partial charge in [-0.25, -0.2) is 9.37 Å². The maximum atomic E-state index is 14.7. The van der Waals surface area contributed by atoms with Crippen LogP contribution in [0.3, 0.4) is 0 Å². The van der Waals surface area contributed by atoms with Crippen LogP contribution in [-0.2, 0) is 16.6 Å². The van der Waals surface area contributed by atoms with E-state index in [0.29, 0.717) is 48.3 Å². The molecule has 42 heavy (non-hydrogen) atoms. The van der Waals surface area contributed by atoms with Gasteiger partial charge in [-0.2, -0.15) is 10.1 Å². The van der Waals surface area contributed by atoms with E-state index in [9.17, 15) is 14.0 Å². The summed E-state index contributed by atoms with van der Waals surface area (Å²) in [5.41, 5.74) is 2.05. The highest BCUT2D eigenvalue weighted by molar-refractivity contribution is 6.14. The quantitative estimate of drug-likeness (QED) is 0.356. The molecule has 0 spiro atoms. The van der Waals surface area contributed by atoms with E-state index in [1.807, 2.05) is 6.07 Å². The van der Waals surface area contributed by atoms with Gasteiger partial charge in [0, 0.05) is 79.9 Å². The molecule has 0 aliphatic carbocycles. The molecule has 4 aromatic rings. The lowest BCUT2D eigenvalue weighted by molar-refractivity contribution is -0.137. The summed E-state index contributed by atoms with van der Waals surface area (Å²) < 4.78 is 27.2. The lowest BCUT2D eigenvalue weighted by atomic mass is 10.0. The SMILES string of the molecule is C[C@@H]1CN(c2ccc(C(=O)Nc3cc(F)c4nn(C)cc4c3)c3nc(OCC(=O)N4CCOCC4)ncc23)C[C@H](C)N1. The number of ether oxygens (including phenoxy) is 2. The minimum absolute atomic E-state index is 0.0137. The Bertz CT molecular complexity index is 1640. The normalized spacial score (nSPS) is 19.3. The molecule has 6 rings (SSSR count). The van der Waals surface area contributed by atoms with Crippen molar-refractivity contribution >= 4 is 45.0 Å². The molecule has 4 heterocycles. The zero-order valence-corrected chi connectivity index (χ0v) is 23.8. The first kappa shape index (κ1) is 27.8. The number of amides is 2. The van der Waals surface area contributed by atoms with Crippen molar-refractivity contribution in [1.82, 2.24) is 30.0 Å². The molecule has 0 radical (unpaired) electrons. The number of hydrogen-bond donors (Lipinski definition) is 2. The maximum absolute atomic E-state index is 14.7. The summed E-state index contributed by atoms with van der Waals surface area (Å²) >= 11 is 0. The van der Waals surface area contributed by atoms with E-state index in [2.05, 4.69) is 44.4 Å². The van der Waals surface area contributed by atoms with Crippen LogP contribution in [-0.4, -0.2) is 94.5 Å². The molecule has 2 saturated heterocycles. The number of morpholine rings is 1. The van der Waals surface area contributed by atoms with Crippen LogP contribution in [0.1, 0.15) is 24.2 Å². The Morgan fingerprint density at radius 2 is 1.90 bits per heavy atom. The van der Waals surface area contributed by atoms with E-state index < -0.39 is 11.7 Å². The molecule has 0 unspecified atom stereocenters. The van der Waals surface area contributed by atoms with Gasteiger partial charge in [-0.15, -0.1) is 0 Å². The fraction of sp³-hybridized carbons (Fsp3) is 0.414. The minimum Gasteiger partial charge on any atom is -0.453 e. The fourth-order valence-corrected chi connectivity index (χ4v) is 5.65. The van der Waals surface area contributed by atoms with Crippen molar-refractivity contribution in [2.24, 2.45) is 7.05 Å². The molecule has 0 bridgehead atoms. The predicted molar refractivity (Wildman–Crippen MR) is 155 cm³/mol. The number of benzene rings is 2. The number of hydrogen-bond acceptors (Lipinski definition) is 9. The number of piperazine rings is 1. The Balaban J connectivity index is 1.33. The largest absolute Gasteiger partial charge is 0.453 e. The highest BCUT2D eigenvalue weighted by atomic mass is 19.1. The number of fused-ring (bicyclic) bond motifs is 2. The van der Waals surface area contributed by atoms with E-state index in [4.69, 9.17) is 9.47 Å². The van der Waals surface area contributed by atoms with Crippen LogP contribution in [0.2, 0.25) is 0 Å². The van der Waals surface area contributed by atoms with Gasteiger partial charge in [0.1, 0.15) is 5.52 Å². The van der Waals surface area contributed by atoms with Crippen LogP contribution in [0.5, 0.6) is 6.01 Å². The third-order valence-corrected chi connectivity index (χ3v) is 7.47. The third kappa shape index (κ3) is 5.70. The van der Waals surface area contributed by atoms with E-state index in [-0.39, 0.29) is 41.7 Å². The van der Waals surface area contributed by atoms with Crippen LogP contribution < -0.4 is 20.3 Å². The van der Waals surface area contributed by atoms with Crippen molar-refractivity contribution in [2.75, 3.05) is 56.2 Å². The zero-order chi connectivity index (χ0) is 29.4. The summed E-state index contributed by atoms with van der Waals surface area (Å²) in [4.78, 5) is 39.1. The Morgan fingerprint density at radius 3 is 2.67 bits per heavy atom. The fourth-order valence-electron chi connectivity index (χ4n) is 5.65. The smallest absolute Gasteiger partial charge is 0.317 e. The molecule has 2 amide bonds. The van der Waals surface area contributed by atoms with Crippen molar-refractivity contribution in [1.29, 1.82) is 0 Å². The van der Waals surface area contributed by atoms with Gasteiger partial charge >= 0.3 is 6.01 Å². The molecule has 12 nitrogen and oxygen atoms in total. The number of aromatic nitrogens is 4. The van der Waals surface area contributed by atoms with Crippen molar-refractivity contribution in [3.8, 4) is 6.01 Å². The molecular weight excluding hydrogens is 543 g/mol. The molecule has 2 aliphatic heterocycles. The Kier molecular flexibility index (Phi) is 7.60. The molecule has 2 aliphatic rings. The first-order valence-electron chi connectivity index (χ1n) is 14.0. The molecule has 0 saturated carbocycles. The van der Waals surface area contributed by atoms with Crippen molar-refractivity contribution in [3.05, 3.63) is 48.0 Å². The summed E-state index contributed by atoms with van der Waals surface area (Å²) in [7, 11) is 1.71. The highest BCUT2D eigenvalue weighted by Crippen LogP contribution is 2.31. The maximum Gasteiger partial charge on any atom is 0.317 e. The number of carbonyl (C=O) groups is 2. The second-order valence-electron chi connectivity index (χ2n) is 10.9. The van der Waals surface area contributed by atoms with Crippen LogP contribution in [0.15, 0.2) is 36.7 Å². The van der Waals surface area contributed by atoms with Crippen molar-refractivity contribution in [3.63, 3.8) is 0 Å². The molecule has 2 atom stereocenters. The van der Waals surface area contributed by atoms with Crippen molar-refractivity contribution < 1.29 is 23.5 Å². The number of halogens is 1. The first-order valence-corrected chi connectivity index (χ1v) is 14.0. The summed E-state index contributed by atoms with van der Waals surface area (Å²) in [5, 5.41) is 11.7. The van der Waals surface area contributed by atoms with E-state index >= 15 is 0 Å². The van der Waals surface area contributed by atoms with Gasteiger partial charge in [0.05, 0.1) is 24.3 Å². The Hall–Kier alpha value is -4.36. The van der Waals surface area contributed by atoms with Gasteiger partial charge in [-0.1, -0.05) is 0 Å². The molecule has 13 heteroatoms. The summed E-state index contributed by atoms with van der Waals surface area (Å²) in [6.45, 7) is 7.52. The molecule has 2 N–H and O–H groups in total. The molecule has 2 aromatic carbocycles. The number of nitrogens with one attached hydrogen (secondary N) is 2. The zero-order valence-electron chi connectivity index (χ0n) is 23.8. The number of aryl methyl sites for hydroxylation is 1. The topological polar surface area (TPSA) is 127 Å². The van der Waals surface area contributed by atoms with Gasteiger partial charge in [0.15, 0.2) is 12.4 Å². The van der Waals surface area contributed by atoms with Crippen LogP contribution >= 0.6 is 0 Å². The van der Waals surface area contributed by atoms with Gasteiger partial charge < -0.3 is 29.9 Å². The van der Waals surface area contributed by atoms with Gasteiger partial charge in [0.2, 0.25) is 0 Å². The number of nitrogens with zero attached hydrogens (tertiary/aromatic N) is 6. The van der Waals surface area contributed by atoms with E-state index in [1.54, 1.807) is 36.5 Å². The average Bonchev–Trinajstić information content (AvgIpc) is 3.35. The van der Waals surface area contributed by atoms with Gasteiger partial charge in [-0.3, -0.25) is 14.3 Å². The van der Waals surface area contributed by atoms with Gasteiger partial charge in [0.25, 0.3) is 11.8 Å². The lowest BCUT2D eigenvalue weighted by Crippen LogP contribution is -2.54. The molecule has 2 fully saturated rings. The predicted octanol–water partition coefficient (Wildman–Crippen LogP) is 2.33. The summed E-state index contributed by atoms with van der Waals surface area (Å²) in [5.74, 6) is -1.19. The summed E-state index contributed by atoms with van der Waals surface area (Å²) in [6.07, 6.45) is 3.31.